The van der Waals surface area contributed by atoms with Crippen LogP contribution in [0.5, 0.6) is 5.75 Å². The molecule has 4 rings (SSSR count). The summed E-state index contributed by atoms with van der Waals surface area (Å²) in [6, 6.07) is 23.5. The van der Waals surface area contributed by atoms with Crippen molar-refractivity contribution in [1.82, 2.24) is 20.4 Å². The molecule has 2 amide bonds. The Balaban J connectivity index is 1.44. The van der Waals surface area contributed by atoms with Crippen LogP contribution in [0.1, 0.15) is 32.6 Å². The molecular weight excluding hydrogens is 452 g/mol. The van der Waals surface area contributed by atoms with Gasteiger partial charge in [0.25, 0.3) is 5.91 Å². The largest absolute Gasteiger partial charge is 0.497 e. The van der Waals surface area contributed by atoms with Gasteiger partial charge in [-0.2, -0.15) is 5.10 Å². The number of nitrogens with zero attached hydrogens (tertiary/aromatic N) is 2. The van der Waals surface area contributed by atoms with Gasteiger partial charge in [0.15, 0.2) is 0 Å². The zero-order chi connectivity index (χ0) is 25.5. The van der Waals surface area contributed by atoms with E-state index in [4.69, 9.17) is 9.84 Å². The van der Waals surface area contributed by atoms with E-state index in [1.54, 1.807) is 18.0 Å². The van der Waals surface area contributed by atoms with E-state index in [0.717, 1.165) is 28.0 Å². The number of carbonyl (C=O) groups excluding carboxylic acids is 2. The number of aryl methyl sites for hydroxylation is 2. The molecule has 0 spiro atoms. The molecule has 0 aliphatic heterocycles. The van der Waals surface area contributed by atoms with Crippen molar-refractivity contribution in [3.63, 3.8) is 0 Å². The van der Waals surface area contributed by atoms with Crippen molar-refractivity contribution in [2.24, 2.45) is 0 Å². The second-order valence-corrected chi connectivity index (χ2v) is 8.75. The molecular formula is C29H30N4O3. The summed E-state index contributed by atoms with van der Waals surface area (Å²) >= 11 is 0. The van der Waals surface area contributed by atoms with Crippen LogP contribution < -0.4 is 15.4 Å². The van der Waals surface area contributed by atoms with Gasteiger partial charge in [-0.1, -0.05) is 71.8 Å². The van der Waals surface area contributed by atoms with Gasteiger partial charge in [0.2, 0.25) is 5.91 Å². The van der Waals surface area contributed by atoms with Gasteiger partial charge in [-0.05, 0) is 37.1 Å². The molecule has 0 aliphatic rings. The molecule has 0 atom stereocenters. The van der Waals surface area contributed by atoms with Crippen molar-refractivity contribution in [3.05, 3.63) is 107 Å². The van der Waals surface area contributed by atoms with Crippen molar-refractivity contribution in [2.45, 2.75) is 26.9 Å². The monoisotopic (exact) mass is 482 g/mol. The van der Waals surface area contributed by atoms with Crippen LogP contribution in [0.2, 0.25) is 0 Å². The van der Waals surface area contributed by atoms with Crippen molar-refractivity contribution in [2.75, 3.05) is 13.7 Å². The highest BCUT2D eigenvalue weighted by Gasteiger charge is 2.19. The van der Waals surface area contributed by atoms with E-state index in [1.807, 2.05) is 62.4 Å². The summed E-state index contributed by atoms with van der Waals surface area (Å²) in [5, 5.41) is 10.3. The molecule has 0 unspecified atom stereocenters. The van der Waals surface area contributed by atoms with Gasteiger partial charge in [-0.3, -0.25) is 14.3 Å². The van der Waals surface area contributed by atoms with E-state index >= 15 is 0 Å². The normalized spacial score (nSPS) is 10.6. The lowest BCUT2D eigenvalue weighted by molar-refractivity contribution is -0.120. The molecule has 0 aliphatic carbocycles. The number of methoxy groups -OCH3 is 1. The zero-order valence-electron chi connectivity index (χ0n) is 20.7. The molecule has 36 heavy (non-hydrogen) atoms. The Hall–Kier alpha value is -4.39. The molecule has 0 fully saturated rings. The maximum absolute atomic E-state index is 13.1. The quantitative estimate of drug-likeness (QED) is 0.373. The Morgan fingerprint density at radius 1 is 0.833 bits per heavy atom. The van der Waals surface area contributed by atoms with Crippen molar-refractivity contribution in [3.8, 4) is 17.0 Å². The molecule has 2 N–H and O–H groups in total. The fourth-order valence-electron chi connectivity index (χ4n) is 3.74. The van der Waals surface area contributed by atoms with Crippen LogP contribution in [0.15, 0.2) is 79.0 Å². The summed E-state index contributed by atoms with van der Waals surface area (Å²) in [6.07, 6.45) is 1.74. The standard InChI is InChI=1S/C29H30N4O3/c1-20-4-8-23(9-5-20)18-33-19-26(28(32-33)24-12-6-21(2)7-13-24)29(35)31-17-27(34)30-16-22-10-14-25(36-3)15-11-22/h4-15,19H,16-18H2,1-3H3,(H,30,34)(H,31,35). The van der Waals surface area contributed by atoms with Crippen LogP contribution >= 0.6 is 0 Å². The number of ether oxygens (including phenoxy) is 1. The SMILES string of the molecule is COc1ccc(CNC(=O)CNC(=O)c2cn(Cc3ccc(C)cc3)nc2-c2ccc(C)cc2)cc1. The molecule has 7 nitrogen and oxygen atoms in total. The summed E-state index contributed by atoms with van der Waals surface area (Å²) in [4.78, 5) is 25.5. The predicted octanol–water partition coefficient (Wildman–Crippen LogP) is 4.27. The van der Waals surface area contributed by atoms with Gasteiger partial charge in [-0.25, -0.2) is 0 Å². The predicted molar refractivity (Wildman–Crippen MR) is 140 cm³/mol. The van der Waals surface area contributed by atoms with E-state index in [2.05, 4.69) is 34.9 Å². The number of hydrogen-bond acceptors (Lipinski definition) is 4. The maximum Gasteiger partial charge on any atom is 0.255 e. The first-order chi connectivity index (χ1) is 17.4. The van der Waals surface area contributed by atoms with E-state index in [9.17, 15) is 9.59 Å². The van der Waals surface area contributed by atoms with Crippen molar-refractivity contribution < 1.29 is 14.3 Å². The van der Waals surface area contributed by atoms with E-state index in [-0.39, 0.29) is 18.4 Å². The van der Waals surface area contributed by atoms with Gasteiger partial charge in [-0.15, -0.1) is 0 Å². The number of amides is 2. The minimum atomic E-state index is -0.347. The first-order valence-corrected chi connectivity index (χ1v) is 11.8. The molecule has 0 bridgehead atoms. The van der Waals surface area contributed by atoms with Crippen LogP contribution in [-0.2, 0) is 17.9 Å². The summed E-state index contributed by atoms with van der Waals surface area (Å²) < 4.78 is 6.91. The van der Waals surface area contributed by atoms with Crippen LogP contribution in [0.3, 0.4) is 0 Å². The summed E-state index contributed by atoms with van der Waals surface area (Å²) in [6.45, 7) is 4.82. The Morgan fingerprint density at radius 3 is 2.08 bits per heavy atom. The van der Waals surface area contributed by atoms with Crippen molar-refractivity contribution >= 4 is 11.8 Å². The molecule has 1 heterocycles. The molecule has 0 radical (unpaired) electrons. The molecule has 3 aromatic carbocycles. The van der Waals surface area contributed by atoms with E-state index in [1.165, 1.54) is 5.56 Å². The third-order valence-corrected chi connectivity index (χ3v) is 5.85. The first kappa shape index (κ1) is 24.7. The molecule has 1 aromatic heterocycles. The second-order valence-electron chi connectivity index (χ2n) is 8.75. The van der Waals surface area contributed by atoms with Crippen LogP contribution in [0, 0.1) is 13.8 Å². The highest BCUT2D eigenvalue weighted by atomic mass is 16.5. The van der Waals surface area contributed by atoms with Gasteiger partial charge in [0.05, 0.1) is 25.8 Å². The molecule has 4 aromatic rings. The minimum absolute atomic E-state index is 0.133. The molecule has 0 saturated heterocycles. The lowest BCUT2D eigenvalue weighted by Gasteiger charge is -2.08. The number of hydrogen-bond donors (Lipinski definition) is 2. The lowest BCUT2D eigenvalue weighted by Crippen LogP contribution is -2.36. The highest BCUT2D eigenvalue weighted by molar-refractivity contribution is 6.01. The third kappa shape index (κ3) is 6.39. The van der Waals surface area contributed by atoms with Crippen molar-refractivity contribution in [1.29, 1.82) is 0 Å². The Labute approximate surface area is 211 Å². The van der Waals surface area contributed by atoms with E-state index in [0.29, 0.717) is 24.3 Å². The molecule has 0 saturated carbocycles. The highest BCUT2D eigenvalue weighted by Crippen LogP contribution is 2.23. The summed E-state index contributed by atoms with van der Waals surface area (Å²) in [5.41, 5.74) is 6.18. The van der Waals surface area contributed by atoms with Gasteiger partial charge < -0.3 is 15.4 Å². The average Bonchev–Trinajstić information content (AvgIpc) is 3.32. The van der Waals surface area contributed by atoms with E-state index < -0.39 is 0 Å². The smallest absolute Gasteiger partial charge is 0.255 e. The number of carbonyl (C=O) groups is 2. The summed E-state index contributed by atoms with van der Waals surface area (Å²) in [7, 11) is 1.61. The topological polar surface area (TPSA) is 85.3 Å². The molecule has 184 valence electrons. The average molecular weight is 483 g/mol. The second kappa shape index (κ2) is 11.4. The van der Waals surface area contributed by atoms with Crippen LogP contribution in [0.4, 0.5) is 0 Å². The van der Waals surface area contributed by atoms with Crippen LogP contribution in [0.25, 0.3) is 11.3 Å². The Bertz CT molecular complexity index is 1320. The lowest BCUT2D eigenvalue weighted by atomic mass is 10.1. The maximum atomic E-state index is 13.1. The van der Waals surface area contributed by atoms with Gasteiger partial charge in [0, 0.05) is 18.3 Å². The number of benzene rings is 3. The Morgan fingerprint density at radius 2 is 1.44 bits per heavy atom. The number of aromatic nitrogens is 2. The fraction of sp³-hybridized carbons (Fsp3) is 0.207. The van der Waals surface area contributed by atoms with Gasteiger partial charge in [0.1, 0.15) is 11.4 Å². The third-order valence-electron chi connectivity index (χ3n) is 5.85. The zero-order valence-corrected chi connectivity index (χ0v) is 20.7. The molecule has 7 heteroatoms. The first-order valence-electron chi connectivity index (χ1n) is 11.8. The number of nitrogens with one attached hydrogen (secondary N) is 2. The number of rotatable bonds is 9. The van der Waals surface area contributed by atoms with Gasteiger partial charge >= 0.3 is 0 Å². The van der Waals surface area contributed by atoms with Crippen LogP contribution in [-0.4, -0.2) is 35.2 Å². The minimum Gasteiger partial charge on any atom is -0.497 e. The fourth-order valence-corrected chi connectivity index (χ4v) is 3.74. The Kier molecular flexibility index (Phi) is 7.80. The summed E-state index contributed by atoms with van der Waals surface area (Å²) in [5.74, 6) is 0.132.